The van der Waals surface area contributed by atoms with Crippen molar-refractivity contribution in [2.24, 2.45) is 0 Å². The molecule has 5 heteroatoms. The van der Waals surface area contributed by atoms with Gasteiger partial charge in [-0.2, -0.15) is 0 Å². The number of halogens is 1. The first kappa shape index (κ1) is 15.4. The van der Waals surface area contributed by atoms with E-state index in [1.54, 1.807) is 19.1 Å². The highest BCUT2D eigenvalue weighted by Crippen LogP contribution is 2.30. The normalized spacial score (nSPS) is 11.0. The highest BCUT2D eigenvalue weighted by atomic mass is 35.5. The van der Waals surface area contributed by atoms with Gasteiger partial charge in [-0.3, -0.25) is 4.79 Å². The third-order valence-corrected chi connectivity index (χ3v) is 4.22. The van der Waals surface area contributed by atoms with Crippen molar-refractivity contribution in [3.63, 3.8) is 0 Å². The van der Waals surface area contributed by atoms with Crippen LogP contribution in [0.5, 0.6) is 17.2 Å². The molecule has 0 aliphatic carbocycles. The molecular weight excluding hydrogens is 316 g/mol. The van der Waals surface area contributed by atoms with Crippen molar-refractivity contribution in [2.45, 2.75) is 20.8 Å². The Morgan fingerprint density at radius 2 is 1.74 bits per heavy atom. The summed E-state index contributed by atoms with van der Waals surface area (Å²) >= 11 is 6.15. The average Bonchev–Trinajstić information content (AvgIpc) is 2.48. The number of aryl methyl sites for hydroxylation is 3. The first-order chi connectivity index (χ1) is 10.9. The molecule has 0 saturated carbocycles. The molecule has 2 aromatic carbocycles. The SMILES string of the molecule is Cc1cc(Oc2c(C)oc3cc(O)ccc3c2=O)cc(C)c1Cl. The number of aromatic hydroxyl groups is 1. The summed E-state index contributed by atoms with van der Waals surface area (Å²) in [6.07, 6.45) is 0. The number of phenolic OH excluding ortho intramolecular Hbond substituents is 1. The summed E-state index contributed by atoms with van der Waals surface area (Å²) < 4.78 is 11.4. The van der Waals surface area contributed by atoms with Crippen LogP contribution in [0.4, 0.5) is 0 Å². The molecule has 0 fully saturated rings. The highest BCUT2D eigenvalue weighted by Gasteiger charge is 2.15. The summed E-state index contributed by atoms with van der Waals surface area (Å²) in [6.45, 7) is 5.40. The fraction of sp³-hybridized carbons (Fsp3) is 0.167. The first-order valence-corrected chi connectivity index (χ1v) is 7.45. The van der Waals surface area contributed by atoms with Crippen LogP contribution in [0.25, 0.3) is 11.0 Å². The van der Waals surface area contributed by atoms with Crippen LogP contribution >= 0.6 is 11.6 Å². The van der Waals surface area contributed by atoms with Crippen molar-refractivity contribution in [3.8, 4) is 17.2 Å². The zero-order chi connectivity index (χ0) is 16.7. The third kappa shape index (κ3) is 2.78. The highest BCUT2D eigenvalue weighted by molar-refractivity contribution is 6.32. The maximum atomic E-state index is 12.6. The molecule has 3 aromatic rings. The van der Waals surface area contributed by atoms with Crippen molar-refractivity contribution in [1.29, 1.82) is 0 Å². The van der Waals surface area contributed by atoms with Gasteiger partial charge in [0.2, 0.25) is 11.2 Å². The lowest BCUT2D eigenvalue weighted by atomic mass is 10.1. The summed E-state index contributed by atoms with van der Waals surface area (Å²) in [4.78, 5) is 12.6. The molecule has 0 amide bonds. The zero-order valence-corrected chi connectivity index (χ0v) is 13.7. The largest absolute Gasteiger partial charge is 0.508 e. The van der Waals surface area contributed by atoms with Gasteiger partial charge in [0.15, 0.2) is 0 Å². The molecule has 0 spiro atoms. The Balaban J connectivity index is 2.14. The van der Waals surface area contributed by atoms with E-state index in [1.807, 2.05) is 13.8 Å². The predicted octanol–water partition coefficient (Wildman–Crippen LogP) is 4.87. The summed E-state index contributed by atoms with van der Waals surface area (Å²) in [5.41, 5.74) is 1.78. The number of hydrogen-bond donors (Lipinski definition) is 1. The summed E-state index contributed by atoms with van der Waals surface area (Å²) in [5, 5.41) is 10.5. The van der Waals surface area contributed by atoms with E-state index in [0.717, 1.165) is 11.1 Å². The molecular formula is C18H15ClO4. The molecule has 0 aliphatic heterocycles. The molecule has 0 atom stereocenters. The number of benzene rings is 2. The Bertz CT molecular complexity index is 950. The van der Waals surface area contributed by atoms with Crippen LogP contribution < -0.4 is 10.2 Å². The van der Waals surface area contributed by atoms with Crippen molar-refractivity contribution in [2.75, 3.05) is 0 Å². The van der Waals surface area contributed by atoms with Crippen molar-refractivity contribution < 1.29 is 14.3 Å². The Labute approximate surface area is 137 Å². The maximum Gasteiger partial charge on any atom is 0.235 e. The molecule has 1 N–H and O–H groups in total. The lowest BCUT2D eigenvalue weighted by Gasteiger charge is -2.11. The molecule has 4 nitrogen and oxygen atoms in total. The number of phenols is 1. The fourth-order valence-electron chi connectivity index (χ4n) is 2.48. The standard InChI is InChI=1S/C18H15ClO4/c1-9-6-13(7-10(2)16(9)19)23-18-11(3)22-15-8-12(20)4-5-14(15)17(18)21/h4-8,20H,1-3H3. The lowest BCUT2D eigenvalue weighted by Crippen LogP contribution is -2.07. The smallest absolute Gasteiger partial charge is 0.235 e. The van der Waals surface area contributed by atoms with E-state index in [1.165, 1.54) is 18.2 Å². The van der Waals surface area contributed by atoms with E-state index in [4.69, 9.17) is 20.8 Å². The Morgan fingerprint density at radius 3 is 2.39 bits per heavy atom. The Morgan fingerprint density at radius 1 is 1.09 bits per heavy atom. The molecule has 3 rings (SSSR count). The Hall–Kier alpha value is -2.46. The van der Waals surface area contributed by atoms with Gasteiger partial charge in [0.1, 0.15) is 22.8 Å². The molecule has 1 aromatic heterocycles. The van der Waals surface area contributed by atoms with Gasteiger partial charge in [0, 0.05) is 11.1 Å². The fourth-order valence-corrected chi connectivity index (χ4v) is 2.59. The molecule has 0 aliphatic rings. The van der Waals surface area contributed by atoms with Gasteiger partial charge in [-0.25, -0.2) is 0 Å². The molecule has 118 valence electrons. The quantitative estimate of drug-likeness (QED) is 0.728. The van der Waals surface area contributed by atoms with Crippen molar-refractivity contribution >= 4 is 22.6 Å². The van der Waals surface area contributed by atoms with E-state index >= 15 is 0 Å². The summed E-state index contributed by atoms with van der Waals surface area (Å²) in [5.74, 6) is 1.04. The second-order valence-electron chi connectivity index (χ2n) is 5.47. The van der Waals surface area contributed by atoms with Crippen molar-refractivity contribution in [3.05, 3.63) is 62.5 Å². The molecule has 23 heavy (non-hydrogen) atoms. The number of hydrogen-bond acceptors (Lipinski definition) is 4. The predicted molar refractivity (Wildman–Crippen MR) is 89.9 cm³/mol. The van der Waals surface area contributed by atoms with Gasteiger partial charge in [-0.15, -0.1) is 0 Å². The molecule has 1 heterocycles. The van der Waals surface area contributed by atoms with Crippen LogP contribution in [-0.2, 0) is 0 Å². The minimum absolute atomic E-state index is 0.0395. The van der Waals surface area contributed by atoms with Crippen LogP contribution in [0.3, 0.4) is 0 Å². The van der Waals surface area contributed by atoms with Gasteiger partial charge >= 0.3 is 0 Å². The van der Waals surface area contributed by atoms with Gasteiger partial charge in [-0.1, -0.05) is 11.6 Å². The van der Waals surface area contributed by atoms with E-state index in [0.29, 0.717) is 27.5 Å². The first-order valence-electron chi connectivity index (χ1n) is 7.08. The van der Waals surface area contributed by atoms with E-state index < -0.39 is 0 Å². The summed E-state index contributed by atoms with van der Waals surface area (Å²) in [7, 11) is 0. The third-order valence-electron chi connectivity index (χ3n) is 3.63. The van der Waals surface area contributed by atoms with Crippen LogP contribution in [-0.4, -0.2) is 5.11 Å². The number of rotatable bonds is 2. The van der Waals surface area contributed by atoms with Crippen LogP contribution in [0.15, 0.2) is 39.5 Å². The van der Waals surface area contributed by atoms with Crippen LogP contribution in [0.2, 0.25) is 5.02 Å². The number of fused-ring (bicyclic) bond motifs is 1. The topological polar surface area (TPSA) is 59.7 Å². The van der Waals surface area contributed by atoms with E-state index in [-0.39, 0.29) is 16.9 Å². The maximum absolute atomic E-state index is 12.6. The number of ether oxygens (including phenoxy) is 1. The summed E-state index contributed by atoms with van der Waals surface area (Å²) in [6, 6.07) is 7.91. The molecule has 0 unspecified atom stereocenters. The van der Waals surface area contributed by atoms with E-state index in [9.17, 15) is 9.90 Å². The minimum Gasteiger partial charge on any atom is -0.508 e. The van der Waals surface area contributed by atoms with Crippen LogP contribution in [0.1, 0.15) is 16.9 Å². The van der Waals surface area contributed by atoms with Gasteiger partial charge in [-0.05, 0) is 56.2 Å². The van der Waals surface area contributed by atoms with Gasteiger partial charge in [0.05, 0.1) is 5.39 Å². The molecule has 0 bridgehead atoms. The monoisotopic (exact) mass is 330 g/mol. The van der Waals surface area contributed by atoms with Gasteiger partial charge < -0.3 is 14.3 Å². The second-order valence-corrected chi connectivity index (χ2v) is 5.85. The minimum atomic E-state index is -0.283. The Kier molecular flexibility index (Phi) is 3.78. The lowest BCUT2D eigenvalue weighted by molar-refractivity contribution is 0.434. The zero-order valence-electron chi connectivity index (χ0n) is 12.9. The van der Waals surface area contributed by atoms with E-state index in [2.05, 4.69) is 0 Å². The van der Waals surface area contributed by atoms with Gasteiger partial charge in [0.25, 0.3) is 0 Å². The average molecular weight is 331 g/mol. The molecule has 0 radical (unpaired) electrons. The van der Waals surface area contributed by atoms with Crippen LogP contribution in [0, 0.1) is 20.8 Å². The second kappa shape index (κ2) is 5.63. The van der Waals surface area contributed by atoms with Crippen molar-refractivity contribution in [1.82, 2.24) is 0 Å². The molecule has 0 saturated heterocycles.